The zero-order valence-electron chi connectivity index (χ0n) is 14.3. The van der Waals surface area contributed by atoms with Gasteiger partial charge in [-0.3, -0.25) is 9.59 Å². The Morgan fingerprint density at radius 2 is 1.71 bits per heavy atom. The van der Waals surface area contributed by atoms with Crippen LogP contribution in [0.2, 0.25) is 0 Å². The van der Waals surface area contributed by atoms with Gasteiger partial charge in [-0.25, -0.2) is 0 Å². The monoisotopic (exact) mass is 330 g/mol. The van der Waals surface area contributed by atoms with Crippen LogP contribution in [0.25, 0.3) is 0 Å². The molecule has 5 nitrogen and oxygen atoms in total. The van der Waals surface area contributed by atoms with Crippen LogP contribution >= 0.6 is 0 Å². The zero-order chi connectivity index (χ0) is 17.3. The minimum atomic E-state index is -0.925. The molecular formula is C19H26N2O3. The van der Waals surface area contributed by atoms with Crippen LogP contribution in [0.3, 0.4) is 0 Å². The lowest BCUT2D eigenvalue weighted by molar-refractivity contribution is -0.132. The molecule has 3 unspecified atom stereocenters. The molecule has 1 aromatic rings. The Morgan fingerprint density at radius 3 is 2.21 bits per heavy atom. The Hall–Kier alpha value is -1.88. The standard InChI is InChI=1S/C19H26N2O3/c1-11-3-5-13(6-4-11)17(14-7-8-14)21-19(24)16(12(2)22)20-18(23)15-9-10-15/h3-6,12,14-17,22H,7-10H2,1-2H3,(H,20,23)(H,21,24). The quantitative estimate of drug-likeness (QED) is 0.714. The minimum absolute atomic E-state index is 0.00961. The molecule has 2 amide bonds. The molecule has 0 aromatic heterocycles. The van der Waals surface area contributed by atoms with Crippen LogP contribution in [0.1, 0.15) is 49.8 Å². The van der Waals surface area contributed by atoms with Crippen molar-refractivity contribution in [2.45, 2.75) is 57.7 Å². The fraction of sp³-hybridized carbons (Fsp3) is 0.579. The highest BCUT2D eigenvalue weighted by Crippen LogP contribution is 2.41. The molecule has 3 rings (SSSR count). The summed E-state index contributed by atoms with van der Waals surface area (Å²) in [6, 6.07) is 7.20. The number of hydrogen-bond acceptors (Lipinski definition) is 3. The maximum Gasteiger partial charge on any atom is 0.245 e. The van der Waals surface area contributed by atoms with Crippen LogP contribution < -0.4 is 10.6 Å². The predicted molar refractivity (Wildman–Crippen MR) is 91.1 cm³/mol. The van der Waals surface area contributed by atoms with Gasteiger partial charge in [0.25, 0.3) is 0 Å². The van der Waals surface area contributed by atoms with E-state index in [4.69, 9.17) is 0 Å². The molecule has 3 N–H and O–H groups in total. The highest BCUT2D eigenvalue weighted by molar-refractivity contribution is 5.90. The number of rotatable bonds is 7. The summed E-state index contributed by atoms with van der Waals surface area (Å²) in [6.45, 7) is 3.57. The molecule has 0 saturated heterocycles. The maximum atomic E-state index is 12.7. The Balaban J connectivity index is 1.68. The van der Waals surface area contributed by atoms with Crippen LogP contribution in [-0.2, 0) is 9.59 Å². The van der Waals surface area contributed by atoms with Gasteiger partial charge in [0.05, 0.1) is 12.1 Å². The summed E-state index contributed by atoms with van der Waals surface area (Å²) in [6.07, 6.45) is 2.99. The van der Waals surface area contributed by atoms with Crippen LogP contribution in [0.5, 0.6) is 0 Å². The summed E-state index contributed by atoms with van der Waals surface area (Å²) in [5.41, 5.74) is 2.26. The van der Waals surface area contributed by atoms with Gasteiger partial charge in [-0.2, -0.15) is 0 Å². The lowest BCUT2D eigenvalue weighted by atomic mass is 10.00. The summed E-state index contributed by atoms with van der Waals surface area (Å²) in [7, 11) is 0. The van der Waals surface area contributed by atoms with E-state index in [9.17, 15) is 14.7 Å². The molecule has 2 saturated carbocycles. The third-order valence-electron chi connectivity index (χ3n) is 4.84. The molecule has 0 spiro atoms. The van der Waals surface area contributed by atoms with Gasteiger partial charge in [-0.15, -0.1) is 0 Å². The SMILES string of the molecule is Cc1ccc(C(NC(=O)C(NC(=O)C2CC2)C(C)O)C2CC2)cc1. The van der Waals surface area contributed by atoms with Gasteiger partial charge in [0.15, 0.2) is 0 Å². The molecule has 1 aromatic carbocycles. The predicted octanol–water partition coefficient (Wildman–Crippen LogP) is 1.84. The van der Waals surface area contributed by atoms with E-state index < -0.39 is 12.1 Å². The number of aryl methyl sites for hydroxylation is 1. The van der Waals surface area contributed by atoms with Gasteiger partial charge in [-0.1, -0.05) is 29.8 Å². The number of carbonyl (C=O) groups is 2. The summed E-state index contributed by atoms with van der Waals surface area (Å²) in [5.74, 6) is 0.00616. The summed E-state index contributed by atoms with van der Waals surface area (Å²) in [4.78, 5) is 24.6. The van der Waals surface area contributed by atoms with E-state index >= 15 is 0 Å². The van der Waals surface area contributed by atoms with Gasteiger partial charge < -0.3 is 15.7 Å². The molecule has 2 aliphatic carbocycles. The van der Waals surface area contributed by atoms with E-state index in [1.807, 2.05) is 31.2 Å². The van der Waals surface area contributed by atoms with E-state index in [2.05, 4.69) is 10.6 Å². The van der Waals surface area contributed by atoms with Crippen molar-refractivity contribution in [3.05, 3.63) is 35.4 Å². The Bertz CT molecular complexity index is 604. The minimum Gasteiger partial charge on any atom is -0.391 e. The molecule has 5 heteroatoms. The first-order valence-corrected chi connectivity index (χ1v) is 8.81. The van der Waals surface area contributed by atoms with Crippen LogP contribution in [-0.4, -0.2) is 29.1 Å². The number of benzene rings is 1. The van der Waals surface area contributed by atoms with Crippen molar-refractivity contribution in [2.75, 3.05) is 0 Å². The second-order valence-corrected chi connectivity index (χ2v) is 7.24. The second kappa shape index (κ2) is 6.93. The largest absolute Gasteiger partial charge is 0.391 e. The third kappa shape index (κ3) is 4.15. The van der Waals surface area contributed by atoms with Crippen molar-refractivity contribution >= 4 is 11.8 Å². The van der Waals surface area contributed by atoms with Gasteiger partial charge >= 0.3 is 0 Å². The number of aliphatic hydroxyl groups excluding tert-OH is 1. The average molecular weight is 330 g/mol. The first-order chi connectivity index (χ1) is 11.5. The van der Waals surface area contributed by atoms with Gasteiger partial charge in [-0.05, 0) is 51.0 Å². The Morgan fingerprint density at radius 1 is 1.08 bits per heavy atom. The van der Waals surface area contributed by atoms with E-state index in [-0.39, 0.29) is 23.8 Å². The molecular weight excluding hydrogens is 304 g/mol. The van der Waals surface area contributed by atoms with Crippen molar-refractivity contribution < 1.29 is 14.7 Å². The zero-order valence-corrected chi connectivity index (χ0v) is 14.3. The fourth-order valence-corrected chi connectivity index (χ4v) is 2.94. The number of carbonyl (C=O) groups excluding carboxylic acids is 2. The number of aliphatic hydroxyl groups is 1. The van der Waals surface area contributed by atoms with Crippen molar-refractivity contribution in [2.24, 2.45) is 11.8 Å². The molecule has 0 bridgehead atoms. The summed E-state index contributed by atoms with van der Waals surface area (Å²) >= 11 is 0. The third-order valence-corrected chi connectivity index (χ3v) is 4.84. The van der Waals surface area contributed by atoms with E-state index in [0.29, 0.717) is 5.92 Å². The molecule has 3 atom stereocenters. The van der Waals surface area contributed by atoms with Crippen LogP contribution in [0, 0.1) is 18.8 Å². The highest BCUT2D eigenvalue weighted by atomic mass is 16.3. The molecule has 2 fully saturated rings. The summed E-state index contributed by atoms with van der Waals surface area (Å²) in [5, 5.41) is 15.7. The first kappa shape index (κ1) is 17.0. The van der Waals surface area contributed by atoms with Crippen LogP contribution in [0.4, 0.5) is 0 Å². The van der Waals surface area contributed by atoms with Crippen molar-refractivity contribution in [3.8, 4) is 0 Å². The number of nitrogens with one attached hydrogen (secondary N) is 2. The van der Waals surface area contributed by atoms with E-state index in [1.54, 1.807) is 0 Å². The second-order valence-electron chi connectivity index (χ2n) is 7.24. The topological polar surface area (TPSA) is 78.4 Å². The molecule has 130 valence electrons. The van der Waals surface area contributed by atoms with Crippen molar-refractivity contribution in [1.29, 1.82) is 0 Å². The van der Waals surface area contributed by atoms with Crippen molar-refractivity contribution in [1.82, 2.24) is 10.6 Å². The van der Waals surface area contributed by atoms with Gasteiger partial charge in [0, 0.05) is 5.92 Å². The fourth-order valence-electron chi connectivity index (χ4n) is 2.94. The van der Waals surface area contributed by atoms with E-state index in [0.717, 1.165) is 31.2 Å². The molecule has 2 aliphatic rings. The van der Waals surface area contributed by atoms with Crippen LogP contribution in [0.15, 0.2) is 24.3 Å². The first-order valence-electron chi connectivity index (χ1n) is 8.81. The average Bonchev–Trinajstić information content (AvgIpc) is 3.42. The Labute approximate surface area is 142 Å². The molecule has 0 radical (unpaired) electrons. The number of amides is 2. The number of hydrogen-bond donors (Lipinski definition) is 3. The lowest BCUT2D eigenvalue weighted by Crippen LogP contribution is -2.53. The molecule has 0 aliphatic heterocycles. The van der Waals surface area contributed by atoms with Crippen molar-refractivity contribution in [3.63, 3.8) is 0 Å². The summed E-state index contributed by atoms with van der Waals surface area (Å²) < 4.78 is 0. The van der Waals surface area contributed by atoms with E-state index in [1.165, 1.54) is 12.5 Å². The smallest absolute Gasteiger partial charge is 0.245 e. The molecule has 0 heterocycles. The highest BCUT2D eigenvalue weighted by Gasteiger charge is 2.37. The normalized spacial score (nSPS) is 20.8. The van der Waals surface area contributed by atoms with Gasteiger partial charge in [0.1, 0.15) is 6.04 Å². The Kier molecular flexibility index (Phi) is 4.90. The lowest BCUT2D eigenvalue weighted by Gasteiger charge is -2.25. The van der Waals surface area contributed by atoms with Gasteiger partial charge in [0.2, 0.25) is 11.8 Å². The molecule has 24 heavy (non-hydrogen) atoms. The maximum absolute atomic E-state index is 12.7.